The van der Waals surface area contributed by atoms with Gasteiger partial charge in [0, 0.05) is 13.3 Å². The Morgan fingerprint density at radius 3 is 2.90 bits per heavy atom. The van der Waals surface area contributed by atoms with Crippen LogP contribution in [0.15, 0.2) is 15.0 Å². The van der Waals surface area contributed by atoms with Crippen molar-refractivity contribution in [2.24, 2.45) is 0 Å². The first-order valence-corrected chi connectivity index (χ1v) is 7.13. The average Bonchev–Trinajstić information content (AvgIpc) is 2.79. The molecule has 1 aliphatic rings. The molecule has 0 aromatic carbocycles. The van der Waals surface area contributed by atoms with E-state index < -0.39 is 23.3 Å². The Kier molecular flexibility index (Phi) is 2.66. The number of aromatic amines is 1. The summed E-state index contributed by atoms with van der Waals surface area (Å²) < 4.78 is 6.30. The second-order valence-electron chi connectivity index (χ2n) is 5.35. The summed E-state index contributed by atoms with van der Waals surface area (Å²) in [6.45, 7) is 4.91. The third kappa shape index (κ3) is 1.73. The van der Waals surface area contributed by atoms with Gasteiger partial charge in [0.05, 0.1) is 10.9 Å². The summed E-state index contributed by atoms with van der Waals surface area (Å²) in [4.78, 5) is 39.0. The molecule has 6 nitrogen and oxygen atoms in total. The normalized spacial score (nSPS) is 24.9. The minimum Gasteiger partial charge on any atom is -0.460 e. The van der Waals surface area contributed by atoms with Crippen molar-refractivity contribution in [1.82, 2.24) is 9.55 Å². The van der Waals surface area contributed by atoms with Crippen LogP contribution in [0.25, 0.3) is 10.2 Å². The van der Waals surface area contributed by atoms with Crippen molar-refractivity contribution in [3.63, 3.8) is 0 Å². The zero-order valence-corrected chi connectivity index (χ0v) is 12.2. The lowest BCUT2D eigenvalue weighted by atomic mass is 10.2. The molecular formula is C13H14N2O4S. The number of aryl methyl sites for hydroxylation is 1. The van der Waals surface area contributed by atoms with Gasteiger partial charge in [-0.25, -0.2) is 9.36 Å². The van der Waals surface area contributed by atoms with E-state index in [0.29, 0.717) is 16.6 Å². The van der Waals surface area contributed by atoms with Gasteiger partial charge in [0.2, 0.25) is 0 Å². The lowest BCUT2D eigenvalue weighted by molar-refractivity contribution is -0.143. The zero-order chi connectivity index (χ0) is 14.7. The molecule has 106 valence electrons. The van der Waals surface area contributed by atoms with Crippen molar-refractivity contribution in [2.45, 2.75) is 38.8 Å². The quantitative estimate of drug-likeness (QED) is 0.841. The van der Waals surface area contributed by atoms with Gasteiger partial charge in [0.15, 0.2) is 0 Å². The van der Waals surface area contributed by atoms with E-state index >= 15 is 0 Å². The largest absolute Gasteiger partial charge is 0.460 e. The van der Waals surface area contributed by atoms with Crippen LogP contribution in [0.5, 0.6) is 0 Å². The molecule has 0 aliphatic heterocycles. The first-order valence-electron chi connectivity index (χ1n) is 6.25. The highest BCUT2D eigenvalue weighted by Crippen LogP contribution is 2.44. The maximum absolute atomic E-state index is 12.6. The predicted octanol–water partition coefficient (Wildman–Crippen LogP) is 1.11. The van der Waals surface area contributed by atoms with E-state index in [4.69, 9.17) is 4.74 Å². The van der Waals surface area contributed by atoms with Gasteiger partial charge in [-0.05, 0) is 24.8 Å². The summed E-state index contributed by atoms with van der Waals surface area (Å²) >= 11 is 1.34. The van der Waals surface area contributed by atoms with Crippen molar-refractivity contribution >= 4 is 27.5 Å². The Balaban J connectivity index is 2.18. The maximum Gasteiger partial charge on any atom is 0.330 e. The number of esters is 1. The Morgan fingerprint density at radius 2 is 2.25 bits per heavy atom. The summed E-state index contributed by atoms with van der Waals surface area (Å²) in [6, 6.07) is 0. The van der Waals surface area contributed by atoms with E-state index in [1.54, 1.807) is 6.92 Å². The molecule has 0 saturated heterocycles. The lowest BCUT2D eigenvalue weighted by Gasteiger charge is -2.14. The molecule has 2 atom stereocenters. The Labute approximate surface area is 118 Å². The highest BCUT2D eigenvalue weighted by molar-refractivity contribution is 7.16. The van der Waals surface area contributed by atoms with Crippen molar-refractivity contribution in [2.75, 3.05) is 0 Å². The topological polar surface area (TPSA) is 81.2 Å². The number of fused-ring (bicyclic) bond motifs is 1. The maximum atomic E-state index is 12.6. The molecule has 1 fully saturated rings. The number of nitrogens with one attached hydrogen (secondary N) is 1. The third-order valence-corrected chi connectivity index (χ3v) is 4.78. The summed E-state index contributed by atoms with van der Waals surface area (Å²) in [5, 5.41) is 2.37. The molecule has 2 unspecified atom stereocenters. The molecule has 0 amide bonds. The number of ether oxygens (including phenoxy) is 1. The van der Waals surface area contributed by atoms with Gasteiger partial charge < -0.3 is 4.74 Å². The Hall–Kier alpha value is -1.89. The first-order chi connectivity index (χ1) is 9.34. The fourth-order valence-corrected chi connectivity index (χ4v) is 3.47. The molecule has 1 saturated carbocycles. The van der Waals surface area contributed by atoms with Crippen molar-refractivity contribution in [3.8, 4) is 0 Å². The van der Waals surface area contributed by atoms with Crippen LogP contribution < -0.4 is 11.2 Å². The number of rotatable bonds is 2. The van der Waals surface area contributed by atoms with E-state index in [9.17, 15) is 14.4 Å². The second kappa shape index (κ2) is 4.05. The number of thiophene rings is 1. The molecule has 0 radical (unpaired) electrons. The van der Waals surface area contributed by atoms with Gasteiger partial charge in [0.1, 0.15) is 10.9 Å². The van der Waals surface area contributed by atoms with E-state index in [1.807, 2.05) is 12.3 Å². The highest BCUT2D eigenvalue weighted by atomic mass is 32.1. The monoisotopic (exact) mass is 294 g/mol. The number of carbonyl (C=O) groups excluding carboxylic acids is 1. The van der Waals surface area contributed by atoms with Crippen molar-refractivity contribution < 1.29 is 9.53 Å². The van der Waals surface area contributed by atoms with Gasteiger partial charge in [0.25, 0.3) is 5.56 Å². The fraction of sp³-hybridized carbons (Fsp3) is 0.462. The van der Waals surface area contributed by atoms with Gasteiger partial charge in [-0.1, -0.05) is 0 Å². The van der Waals surface area contributed by atoms with Crippen LogP contribution in [0.1, 0.15) is 25.8 Å². The van der Waals surface area contributed by atoms with Crippen LogP contribution in [0, 0.1) is 6.92 Å². The van der Waals surface area contributed by atoms with E-state index in [0.717, 1.165) is 5.56 Å². The van der Waals surface area contributed by atoms with E-state index in [-0.39, 0.29) is 5.56 Å². The second-order valence-corrected chi connectivity index (χ2v) is 6.23. The summed E-state index contributed by atoms with van der Waals surface area (Å²) in [6.07, 6.45) is 0.0553. The van der Waals surface area contributed by atoms with Gasteiger partial charge >= 0.3 is 11.7 Å². The number of H-pyrrole nitrogens is 1. The van der Waals surface area contributed by atoms with E-state index in [2.05, 4.69) is 4.98 Å². The van der Waals surface area contributed by atoms with Crippen LogP contribution in [-0.4, -0.2) is 21.6 Å². The molecule has 2 aromatic rings. The summed E-state index contributed by atoms with van der Waals surface area (Å²) in [5.74, 6) is -0.406. The predicted molar refractivity (Wildman–Crippen MR) is 75.3 cm³/mol. The van der Waals surface area contributed by atoms with Crippen LogP contribution >= 0.6 is 11.3 Å². The molecule has 2 heterocycles. The standard InChI is InChI=1S/C13H14N2O4S/c1-6-5-20-10-9(6)11(17)15(12(18)14-10)13(3)4-8(13)19-7(2)16/h5,8H,4H2,1-3H3,(H,14,18). The molecule has 1 aliphatic carbocycles. The van der Waals surface area contributed by atoms with Gasteiger partial charge in [-0.15, -0.1) is 11.3 Å². The molecule has 20 heavy (non-hydrogen) atoms. The number of nitrogens with zero attached hydrogens (tertiary/aromatic N) is 1. The SMILES string of the molecule is CC(=O)OC1CC1(C)n1c(=O)[nH]c2scc(C)c2c1=O. The minimum absolute atomic E-state index is 0.320. The van der Waals surface area contributed by atoms with Crippen LogP contribution in [0.4, 0.5) is 0 Å². The Bertz CT molecular complexity index is 831. The summed E-state index contributed by atoms with van der Waals surface area (Å²) in [7, 11) is 0. The minimum atomic E-state index is -0.751. The number of hydrogen-bond donors (Lipinski definition) is 1. The fourth-order valence-electron chi connectivity index (χ4n) is 2.54. The van der Waals surface area contributed by atoms with Gasteiger partial charge in [-0.3, -0.25) is 14.6 Å². The molecule has 7 heteroatoms. The smallest absolute Gasteiger partial charge is 0.330 e. The highest BCUT2D eigenvalue weighted by Gasteiger charge is 2.56. The average molecular weight is 294 g/mol. The van der Waals surface area contributed by atoms with Crippen LogP contribution in [-0.2, 0) is 15.1 Å². The molecular weight excluding hydrogens is 280 g/mol. The molecule has 1 N–H and O–H groups in total. The summed E-state index contributed by atoms with van der Waals surface area (Å²) in [5.41, 5.74) is -0.687. The van der Waals surface area contributed by atoms with Crippen LogP contribution in [0.3, 0.4) is 0 Å². The van der Waals surface area contributed by atoms with Crippen LogP contribution in [0.2, 0.25) is 0 Å². The number of hydrogen-bond acceptors (Lipinski definition) is 5. The number of aromatic nitrogens is 2. The molecule has 0 bridgehead atoms. The zero-order valence-electron chi connectivity index (χ0n) is 11.4. The lowest BCUT2D eigenvalue weighted by Crippen LogP contribution is -2.42. The van der Waals surface area contributed by atoms with E-state index in [1.165, 1.54) is 22.8 Å². The third-order valence-electron chi connectivity index (χ3n) is 3.77. The Morgan fingerprint density at radius 1 is 1.55 bits per heavy atom. The van der Waals surface area contributed by atoms with Crippen molar-refractivity contribution in [1.29, 1.82) is 0 Å². The first kappa shape index (κ1) is 13.1. The molecule has 3 rings (SSSR count). The molecule has 2 aromatic heterocycles. The molecule has 0 spiro atoms. The van der Waals surface area contributed by atoms with Gasteiger partial charge in [-0.2, -0.15) is 0 Å². The van der Waals surface area contributed by atoms with Crippen molar-refractivity contribution in [3.05, 3.63) is 31.8 Å². The number of carbonyl (C=O) groups is 1.